The van der Waals surface area contributed by atoms with Crippen LogP contribution in [-0.2, 0) is 51.2 Å². The molecule has 288 valence electrons. The number of hydrogen-bond donors (Lipinski definition) is 11. The molecule has 6 amide bonds. The van der Waals surface area contributed by atoms with Gasteiger partial charge in [0.05, 0.1) is 6.04 Å². The number of primary amides is 1. The average Bonchev–Trinajstić information content (AvgIpc) is 3.10. The van der Waals surface area contributed by atoms with Gasteiger partial charge in [0.25, 0.3) is 0 Å². The lowest BCUT2D eigenvalue weighted by Crippen LogP contribution is -2.60. The quantitative estimate of drug-likeness (QED) is 0.0587. The van der Waals surface area contributed by atoms with Gasteiger partial charge in [-0.3, -0.25) is 33.6 Å². The van der Waals surface area contributed by atoms with Gasteiger partial charge in [-0.2, -0.15) is 12.6 Å². The van der Waals surface area contributed by atoms with Gasteiger partial charge in [0, 0.05) is 31.4 Å². The summed E-state index contributed by atoms with van der Waals surface area (Å²) >= 11 is 4.05. The lowest BCUT2D eigenvalue weighted by molar-refractivity contribution is -0.142. The number of thiol groups is 1. The van der Waals surface area contributed by atoms with Gasteiger partial charge in [-0.05, 0) is 43.0 Å². The molecule has 0 aliphatic carbocycles. The van der Waals surface area contributed by atoms with Crippen molar-refractivity contribution in [2.75, 3.05) is 5.75 Å². The Morgan fingerprint density at radius 3 is 1.55 bits per heavy atom. The normalized spacial score (nSPS) is 14.2. The molecule has 2 aromatic rings. The van der Waals surface area contributed by atoms with E-state index in [1.807, 2.05) is 0 Å². The molecule has 0 fully saturated rings. The minimum atomic E-state index is -1.59. The van der Waals surface area contributed by atoms with Gasteiger partial charge in [-0.1, -0.05) is 42.5 Å². The number of hydrogen-bond acceptors (Lipinski definition) is 11. The zero-order valence-corrected chi connectivity index (χ0v) is 29.7. The number of carboxylic acid groups (broad SMARTS) is 2. The third-order valence-electron chi connectivity index (χ3n) is 7.73. The van der Waals surface area contributed by atoms with E-state index in [0.717, 1.165) is 0 Å². The van der Waals surface area contributed by atoms with E-state index in [9.17, 15) is 53.7 Å². The zero-order chi connectivity index (χ0) is 39.7. The molecule has 12 N–H and O–H groups in total. The van der Waals surface area contributed by atoms with Crippen LogP contribution in [0.5, 0.6) is 5.75 Å². The van der Waals surface area contributed by atoms with Gasteiger partial charge < -0.3 is 53.4 Å². The molecule has 6 unspecified atom stereocenters. The summed E-state index contributed by atoms with van der Waals surface area (Å²) in [6.07, 6.45) is -1.94. The van der Waals surface area contributed by atoms with Crippen LogP contribution in [0.2, 0.25) is 0 Å². The maximum atomic E-state index is 13.9. The van der Waals surface area contributed by atoms with Crippen molar-refractivity contribution in [3.05, 3.63) is 65.7 Å². The molecule has 0 heterocycles. The monoisotopic (exact) mass is 759 g/mol. The second-order valence-electron chi connectivity index (χ2n) is 12.1. The molecule has 6 atom stereocenters. The van der Waals surface area contributed by atoms with E-state index in [0.29, 0.717) is 11.1 Å². The van der Waals surface area contributed by atoms with Crippen LogP contribution in [0, 0.1) is 0 Å². The molecule has 0 saturated carbocycles. The van der Waals surface area contributed by atoms with Crippen LogP contribution in [0.25, 0.3) is 0 Å². The lowest BCUT2D eigenvalue weighted by atomic mass is 10.0. The summed E-state index contributed by atoms with van der Waals surface area (Å²) in [4.78, 5) is 101. The molecule has 0 bridgehead atoms. The summed E-state index contributed by atoms with van der Waals surface area (Å²) in [5.74, 6) is -8.42. The van der Waals surface area contributed by atoms with Crippen LogP contribution < -0.4 is 38.1 Å². The van der Waals surface area contributed by atoms with Gasteiger partial charge in [-0.25, -0.2) is 4.79 Å². The van der Waals surface area contributed by atoms with Crippen LogP contribution in [0.4, 0.5) is 0 Å². The van der Waals surface area contributed by atoms with Crippen molar-refractivity contribution in [2.45, 2.75) is 81.7 Å². The Bertz CT molecular complexity index is 1610. The minimum absolute atomic E-state index is 0.0147. The second kappa shape index (κ2) is 21.6. The highest BCUT2D eigenvalue weighted by Crippen LogP contribution is 2.13. The molecule has 53 heavy (non-hydrogen) atoms. The molecule has 18 nitrogen and oxygen atoms in total. The van der Waals surface area contributed by atoms with Crippen molar-refractivity contribution in [1.29, 1.82) is 0 Å². The first-order valence-corrected chi connectivity index (χ1v) is 17.1. The molecule has 19 heteroatoms. The molecular weight excluding hydrogens is 714 g/mol. The number of benzene rings is 2. The molecule has 2 aromatic carbocycles. The fourth-order valence-electron chi connectivity index (χ4n) is 4.80. The number of phenols is 1. The highest BCUT2D eigenvalue weighted by atomic mass is 32.1. The van der Waals surface area contributed by atoms with Crippen LogP contribution in [0.1, 0.15) is 43.7 Å². The Morgan fingerprint density at radius 2 is 1.06 bits per heavy atom. The predicted molar refractivity (Wildman–Crippen MR) is 192 cm³/mol. The van der Waals surface area contributed by atoms with E-state index in [1.165, 1.54) is 31.2 Å². The number of carboxylic acids is 2. The highest BCUT2D eigenvalue weighted by Gasteiger charge is 2.33. The Labute approximate surface area is 310 Å². The molecule has 0 aliphatic rings. The summed E-state index contributed by atoms with van der Waals surface area (Å²) in [5.41, 5.74) is 11.9. The van der Waals surface area contributed by atoms with Crippen LogP contribution in [0.15, 0.2) is 54.6 Å². The molecular formula is C34H45N7O11S. The fraction of sp³-hybridized carbons (Fsp3) is 0.412. The van der Waals surface area contributed by atoms with E-state index < -0.39 is 96.5 Å². The summed E-state index contributed by atoms with van der Waals surface area (Å²) in [6, 6.07) is 6.16. The summed E-state index contributed by atoms with van der Waals surface area (Å²) in [7, 11) is 0. The smallest absolute Gasteiger partial charge is 0.326 e. The largest absolute Gasteiger partial charge is 0.508 e. The lowest BCUT2D eigenvalue weighted by Gasteiger charge is -2.27. The maximum Gasteiger partial charge on any atom is 0.326 e. The van der Waals surface area contributed by atoms with Gasteiger partial charge in [0.15, 0.2) is 0 Å². The van der Waals surface area contributed by atoms with E-state index in [1.54, 1.807) is 30.3 Å². The van der Waals surface area contributed by atoms with Crippen LogP contribution in [0.3, 0.4) is 0 Å². The van der Waals surface area contributed by atoms with Crippen molar-refractivity contribution in [3.63, 3.8) is 0 Å². The number of amides is 6. The molecule has 2 rings (SSSR count). The van der Waals surface area contributed by atoms with E-state index in [2.05, 4.69) is 39.2 Å². The van der Waals surface area contributed by atoms with Crippen molar-refractivity contribution in [1.82, 2.24) is 26.6 Å². The number of phenolic OH excluding ortho intramolecular Hbond substituents is 1. The topological polar surface area (TPSA) is 309 Å². The van der Waals surface area contributed by atoms with Crippen molar-refractivity contribution in [2.24, 2.45) is 11.5 Å². The highest BCUT2D eigenvalue weighted by molar-refractivity contribution is 7.80. The zero-order valence-electron chi connectivity index (χ0n) is 28.8. The summed E-state index contributed by atoms with van der Waals surface area (Å²) in [6.45, 7) is 1.42. The fourth-order valence-corrected chi connectivity index (χ4v) is 5.06. The maximum absolute atomic E-state index is 13.9. The Kier molecular flexibility index (Phi) is 17.7. The van der Waals surface area contributed by atoms with Crippen molar-refractivity contribution < 1.29 is 53.7 Å². The number of nitrogens with two attached hydrogens (primary N) is 2. The number of aliphatic carboxylic acids is 2. The van der Waals surface area contributed by atoms with Gasteiger partial charge >= 0.3 is 11.9 Å². The number of aromatic hydroxyl groups is 1. The van der Waals surface area contributed by atoms with E-state index >= 15 is 0 Å². The predicted octanol–water partition coefficient (Wildman–Crippen LogP) is -1.91. The van der Waals surface area contributed by atoms with E-state index in [-0.39, 0.29) is 37.2 Å². The molecule has 0 aliphatic heterocycles. The van der Waals surface area contributed by atoms with Crippen molar-refractivity contribution >= 4 is 60.0 Å². The standard InChI is InChI=1S/C34H45N7O11S/c1-18(35)29(46)39-24(15-19-5-3-2-4-6-19)32(49)40-25(16-20-7-9-21(42)10-8-20)31(48)37-22(12-14-28(44)45)30(47)41-26(17-53)33(50)38-23(34(51)52)11-13-27(36)43/h2-10,18,22-26,42,53H,11-17,35H2,1H3,(H2,36,43)(H,37,48)(H,38,50)(H,39,46)(H,40,49)(H,41,47)(H,44,45)(H,51,52). The van der Waals surface area contributed by atoms with Gasteiger partial charge in [0.2, 0.25) is 35.4 Å². The molecule has 0 spiro atoms. The average molecular weight is 760 g/mol. The first kappa shape index (κ1) is 43.5. The number of carbonyl (C=O) groups is 8. The van der Waals surface area contributed by atoms with Gasteiger partial charge in [0.1, 0.15) is 36.0 Å². The molecule has 0 radical (unpaired) electrons. The van der Waals surface area contributed by atoms with Gasteiger partial charge in [-0.15, -0.1) is 0 Å². The minimum Gasteiger partial charge on any atom is -0.508 e. The van der Waals surface area contributed by atoms with Crippen molar-refractivity contribution in [3.8, 4) is 5.75 Å². The Balaban J connectivity index is 2.37. The first-order valence-electron chi connectivity index (χ1n) is 16.4. The summed E-state index contributed by atoms with van der Waals surface area (Å²) < 4.78 is 0. The third kappa shape index (κ3) is 15.6. The Morgan fingerprint density at radius 1 is 0.623 bits per heavy atom. The number of rotatable bonds is 22. The first-order chi connectivity index (χ1) is 25.0. The van der Waals surface area contributed by atoms with Crippen LogP contribution >= 0.6 is 12.6 Å². The summed E-state index contributed by atoms with van der Waals surface area (Å²) in [5, 5.41) is 40.6. The number of nitrogens with one attached hydrogen (secondary N) is 5. The Hall–Kier alpha value is -5.69. The molecule has 0 aromatic heterocycles. The molecule has 0 saturated heterocycles. The van der Waals surface area contributed by atoms with E-state index in [4.69, 9.17) is 11.5 Å². The van der Waals surface area contributed by atoms with Crippen LogP contribution in [-0.4, -0.2) is 105 Å². The number of carbonyl (C=O) groups excluding carboxylic acids is 6. The SMILES string of the molecule is CC(N)C(=O)NC(Cc1ccccc1)C(=O)NC(Cc1ccc(O)cc1)C(=O)NC(CCC(=O)O)C(=O)NC(CS)C(=O)NC(CCC(N)=O)C(=O)O. The second-order valence-corrected chi connectivity index (χ2v) is 12.5. The third-order valence-corrected chi connectivity index (χ3v) is 8.09.